The van der Waals surface area contributed by atoms with E-state index in [0.717, 1.165) is 24.9 Å². The van der Waals surface area contributed by atoms with Gasteiger partial charge in [-0.1, -0.05) is 48.5 Å². The molecule has 1 fully saturated rings. The fraction of sp³-hybridized carbons (Fsp3) is 0.400. The van der Waals surface area contributed by atoms with Gasteiger partial charge in [-0.3, -0.25) is 0 Å². The Balaban J connectivity index is 1.36. The van der Waals surface area contributed by atoms with Crippen LogP contribution in [0.15, 0.2) is 66.1 Å². The van der Waals surface area contributed by atoms with E-state index in [-0.39, 0.29) is 11.6 Å². The minimum atomic E-state index is -3.62. The minimum Gasteiger partial charge on any atom is -0.339 e. The van der Waals surface area contributed by atoms with E-state index in [0.29, 0.717) is 11.8 Å². The van der Waals surface area contributed by atoms with E-state index in [1.54, 1.807) is 11.6 Å². The molecule has 7 heteroatoms. The Kier molecular flexibility index (Phi) is 5.88. The van der Waals surface area contributed by atoms with Gasteiger partial charge >= 0.3 is 0 Å². The number of sulfonamides is 1. The van der Waals surface area contributed by atoms with Crippen molar-refractivity contribution in [2.24, 2.45) is 13.0 Å². The highest BCUT2D eigenvalue weighted by atomic mass is 32.2. The molecule has 2 atom stereocenters. The van der Waals surface area contributed by atoms with Crippen molar-refractivity contribution in [3.8, 4) is 0 Å². The second-order valence-electron chi connectivity index (χ2n) is 9.15. The molecule has 1 saturated heterocycles. The van der Waals surface area contributed by atoms with E-state index in [1.165, 1.54) is 48.7 Å². The van der Waals surface area contributed by atoms with Crippen LogP contribution < -0.4 is 4.72 Å². The molecule has 32 heavy (non-hydrogen) atoms. The summed E-state index contributed by atoms with van der Waals surface area (Å²) < 4.78 is 29.5. The number of imidazole rings is 1. The van der Waals surface area contributed by atoms with Crippen molar-refractivity contribution in [3.63, 3.8) is 0 Å². The standard InChI is InChI=1S/C25H30N4O2S/c1-28-17-25(26-18-28)32(30,31)27-15-20-8-9-21-14-22(16-29-10-5-11-29)24(23(21)13-20)12-19-6-3-2-4-7-19/h2-4,6-9,13,17-18,22,24,27H,5,10-12,14-16H2,1H3. The quantitative estimate of drug-likeness (QED) is 0.573. The summed E-state index contributed by atoms with van der Waals surface area (Å²) in [4.78, 5) is 6.54. The minimum absolute atomic E-state index is 0.0535. The SMILES string of the molecule is Cn1cnc(S(=O)(=O)NCc2ccc3c(c2)C(Cc2ccccc2)C(CN2CCC2)C3)c1. The van der Waals surface area contributed by atoms with E-state index in [1.807, 2.05) is 0 Å². The van der Waals surface area contributed by atoms with Crippen LogP contribution in [-0.2, 0) is 36.5 Å². The molecule has 0 saturated carbocycles. The Morgan fingerprint density at radius 2 is 1.91 bits per heavy atom. The van der Waals surface area contributed by atoms with Gasteiger partial charge in [0.25, 0.3) is 10.0 Å². The van der Waals surface area contributed by atoms with Crippen LogP contribution >= 0.6 is 0 Å². The third-order valence-corrected chi connectivity index (χ3v) is 8.11. The molecule has 1 aliphatic carbocycles. The first kappa shape index (κ1) is 21.4. The lowest BCUT2D eigenvalue weighted by molar-refractivity contribution is 0.145. The fourth-order valence-corrected chi connectivity index (χ4v) is 5.97. The number of hydrogen-bond acceptors (Lipinski definition) is 4. The predicted octanol–water partition coefficient (Wildman–Crippen LogP) is 3.10. The van der Waals surface area contributed by atoms with E-state index in [9.17, 15) is 8.42 Å². The second-order valence-corrected chi connectivity index (χ2v) is 10.9. The van der Waals surface area contributed by atoms with Gasteiger partial charge in [-0.15, -0.1) is 0 Å². The van der Waals surface area contributed by atoms with Gasteiger partial charge in [-0.2, -0.15) is 0 Å². The van der Waals surface area contributed by atoms with E-state index in [4.69, 9.17) is 0 Å². The van der Waals surface area contributed by atoms with Crippen LogP contribution in [0.2, 0.25) is 0 Å². The Bertz CT molecular complexity index is 1190. The van der Waals surface area contributed by atoms with Crippen LogP contribution in [0.1, 0.15) is 34.6 Å². The third-order valence-electron chi connectivity index (χ3n) is 6.82. The maximum atomic E-state index is 12.6. The number of nitrogens with zero attached hydrogens (tertiary/aromatic N) is 3. The largest absolute Gasteiger partial charge is 0.339 e. The molecular formula is C25H30N4O2S. The molecule has 168 valence electrons. The van der Waals surface area contributed by atoms with Crippen molar-refractivity contribution in [2.45, 2.75) is 36.8 Å². The molecule has 0 spiro atoms. The average Bonchev–Trinajstić information content (AvgIpc) is 3.34. The lowest BCUT2D eigenvalue weighted by Gasteiger charge is -2.35. The summed E-state index contributed by atoms with van der Waals surface area (Å²) >= 11 is 0. The lowest BCUT2D eigenvalue weighted by atomic mass is 9.85. The van der Waals surface area contributed by atoms with Gasteiger partial charge in [-0.25, -0.2) is 18.1 Å². The highest BCUT2D eigenvalue weighted by Crippen LogP contribution is 2.41. The lowest BCUT2D eigenvalue weighted by Crippen LogP contribution is -2.41. The average molecular weight is 451 g/mol. The summed E-state index contributed by atoms with van der Waals surface area (Å²) in [6.45, 7) is 3.84. The molecule has 2 unspecified atom stereocenters. The van der Waals surface area contributed by atoms with Crippen molar-refractivity contribution in [1.29, 1.82) is 0 Å². The van der Waals surface area contributed by atoms with Crippen molar-refractivity contribution in [2.75, 3.05) is 19.6 Å². The fourth-order valence-electron chi connectivity index (χ4n) is 4.98. The van der Waals surface area contributed by atoms with E-state index < -0.39 is 10.0 Å². The van der Waals surface area contributed by atoms with E-state index >= 15 is 0 Å². The van der Waals surface area contributed by atoms with Crippen molar-refractivity contribution >= 4 is 10.0 Å². The van der Waals surface area contributed by atoms with Gasteiger partial charge < -0.3 is 9.47 Å². The topological polar surface area (TPSA) is 67.2 Å². The van der Waals surface area contributed by atoms with Crippen LogP contribution in [0.3, 0.4) is 0 Å². The molecule has 6 nitrogen and oxygen atoms in total. The molecule has 0 bridgehead atoms. The molecule has 1 N–H and O–H groups in total. The summed E-state index contributed by atoms with van der Waals surface area (Å²) in [5.74, 6) is 1.06. The molecule has 0 amide bonds. The van der Waals surface area contributed by atoms with Crippen LogP contribution in [-0.4, -0.2) is 42.5 Å². The molecule has 1 aromatic heterocycles. The predicted molar refractivity (Wildman–Crippen MR) is 125 cm³/mol. The number of nitrogens with one attached hydrogen (secondary N) is 1. The summed E-state index contributed by atoms with van der Waals surface area (Å²) in [6, 6.07) is 17.2. The summed E-state index contributed by atoms with van der Waals surface area (Å²) in [6.07, 6.45) is 6.44. The normalized spacial score (nSPS) is 20.8. The smallest absolute Gasteiger partial charge is 0.259 e. The first-order valence-electron chi connectivity index (χ1n) is 11.3. The third kappa shape index (κ3) is 4.51. The molecule has 1 aliphatic heterocycles. The van der Waals surface area contributed by atoms with Gasteiger partial charge in [0.05, 0.1) is 6.33 Å². The Morgan fingerprint density at radius 3 is 2.59 bits per heavy atom. The van der Waals surface area contributed by atoms with Crippen molar-refractivity contribution in [3.05, 3.63) is 83.3 Å². The molecule has 0 radical (unpaired) electrons. The molecule has 2 aliphatic rings. The zero-order valence-corrected chi connectivity index (χ0v) is 19.3. The zero-order chi connectivity index (χ0) is 22.1. The van der Waals surface area contributed by atoms with Gasteiger partial charge in [0.15, 0.2) is 5.03 Å². The zero-order valence-electron chi connectivity index (χ0n) is 18.4. The number of aryl methyl sites for hydroxylation is 1. The van der Waals surface area contributed by atoms with Crippen molar-refractivity contribution in [1.82, 2.24) is 19.2 Å². The Morgan fingerprint density at radius 1 is 1.09 bits per heavy atom. The van der Waals surface area contributed by atoms with Gasteiger partial charge in [0.1, 0.15) is 0 Å². The summed E-state index contributed by atoms with van der Waals surface area (Å²) in [5, 5.41) is 0.0535. The second kappa shape index (κ2) is 8.81. The number of benzene rings is 2. The van der Waals surface area contributed by atoms with Gasteiger partial charge in [-0.05, 0) is 66.4 Å². The molecule has 5 rings (SSSR count). The van der Waals surface area contributed by atoms with E-state index in [2.05, 4.69) is 63.1 Å². The molecule has 2 heterocycles. The first-order valence-corrected chi connectivity index (χ1v) is 12.8. The Hall–Kier alpha value is -2.48. The number of rotatable bonds is 8. The maximum Gasteiger partial charge on any atom is 0.259 e. The monoisotopic (exact) mass is 450 g/mol. The number of likely N-dealkylation sites (tertiary alicyclic amines) is 1. The van der Waals surface area contributed by atoms with Gasteiger partial charge in [0, 0.05) is 26.3 Å². The maximum absolute atomic E-state index is 12.6. The molecule has 2 aromatic carbocycles. The number of aromatic nitrogens is 2. The van der Waals surface area contributed by atoms with Crippen LogP contribution in [0, 0.1) is 5.92 Å². The Labute approximate surface area is 190 Å². The first-order chi connectivity index (χ1) is 15.5. The highest BCUT2D eigenvalue weighted by molar-refractivity contribution is 7.89. The summed E-state index contributed by atoms with van der Waals surface area (Å²) in [7, 11) is -1.86. The number of fused-ring (bicyclic) bond motifs is 1. The molecule has 3 aromatic rings. The van der Waals surface area contributed by atoms with Crippen LogP contribution in [0.25, 0.3) is 0 Å². The van der Waals surface area contributed by atoms with Crippen LogP contribution in [0.4, 0.5) is 0 Å². The van der Waals surface area contributed by atoms with Crippen molar-refractivity contribution < 1.29 is 8.42 Å². The highest BCUT2D eigenvalue weighted by Gasteiger charge is 2.34. The van der Waals surface area contributed by atoms with Gasteiger partial charge in [0.2, 0.25) is 0 Å². The van der Waals surface area contributed by atoms with Crippen LogP contribution in [0.5, 0.6) is 0 Å². The number of hydrogen-bond donors (Lipinski definition) is 1. The summed E-state index contributed by atoms with van der Waals surface area (Å²) in [5.41, 5.74) is 5.15. The molecular weight excluding hydrogens is 420 g/mol.